The fourth-order valence-electron chi connectivity index (χ4n) is 0.636. The van der Waals surface area contributed by atoms with Crippen molar-refractivity contribution in [1.82, 2.24) is 4.90 Å². The Labute approximate surface area is 87.1 Å². The third kappa shape index (κ3) is 4.32. The molecule has 0 aromatic carbocycles. The molecular formula is C7H10F3NO3S. The number of ether oxygens (including phenoxy) is 1. The lowest BCUT2D eigenvalue weighted by Gasteiger charge is -2.11. The molecule has 4 nitrogen and oxygen atoms in total. The van der Waals surface area contributed by atoms with Crippen LogP contribution in [0.5, 0.6) is 0 Å². The SMILES string of the molecule is COC(=O)/C(=C/N(C)C)S(=O)C(F)(F)F. The van der Waals surface area contributed by atoms with E-state index in [1.807, 2.05) is 0 Å². The van der Waals surface area contributed by atoms with Crippen LogP contribution in [0.3, 0.4) is 0 Å². The molecule has 0 heterocycles. The van der Waals surface area contributed by atoms with E-state index < -0.39 is 27.2 Å². The number of hydrogen-bond acceptors (Lipinski definition) is 4. The number of halogens is 3. The van der Waals surface area contributed by atoms with Gasteiger partial charge in [0.2, 0.25) is 0 Å². The maximum Gasteiger partial charge on any atom is 0.476 e. The van der Waals surface area contributed by atoms with E-state index in [-0.39, 0.29) is 0 Å². The minimum Gasteiger partial charge on any atom is -0.465 e. The van der Waals surface area contributed by atoms with Crippen molar-refractivity contribution >= 4 is 16.8 Å². The quantitative estimate of drug-likeness (QED) is 0.546. The molecule has 1 atom stereocenters. The van der Waals surface area contributed by atoms with Crippen LogP contribution in [0, 0.1) is 0 Å². The lowest BCUT2D eigenvalue weighted by atomic mass is 10.6. The van der Waals surface area contributed by atoms with E-state index in [4.69, 9.17) is 0 Å². The molecule has 0 radical (unpaired) electrons. The number of rotatable bonds is 3. The molecule has 0 amide bonds. The zero-order chi connectivity index (χ0) is 12.2. The zero-order valence-corrected chi connectivity index (χ0v) is 9.11. The average molecular weight is 245 g/mol. The molecule has 0 spiro atoms. The smallest absolute Gasteiger partial charge is 0.465 e. The summed E-state index contributed by atoms with van der Waals surface area (Å²) in [6.07, 6.45) is 0.815. The maximum absolute atomic E-state index is 12.1. The van der Waals surface area contributed by atoms with Crippen molar-refractivity contribution in [3.05, 3.63) is 11.1 Å². The van der Waals surface area contributed by atoms with Crippen molar-refractivity contribution in [3.8, 4) is 0 Å². The van der Waals surface area contributed by atoms with Gasteiger partial charge in [0.1, 0.15) is 4.91 Å². The Balaban J connectivity index is 5.14. The highest BCUT2D eigenvalue weighted by Gasteiger charge is 2.42. The number of carbonyl (C=O) groups excluding carboxylic acids is 1. The molecule has 88 valence electrons. The predicted octanol–water partition coefficient (Wildman–Crippen LogP) is 0.831. The van der Waals surface area contributed by atoms with Gasteiger partial charge >= 0.3 is 11.5 Å². The topological polar surface area (TPSA) is 46.6 Å². The van der Waals surface area contributed by atoms with Crippen LogP contribution in [0.15, 0.2) is 11.1 Å². The highest BCUT2D eigenvalue weighted by molar-refractivity contribution is 7.90. The number of hydrogen-bond donors (Lipinski definition) is 0. The molecule has 0 saturated heterocycles. The summed E-state index contributed by atoms with van der Waals surface area (Å²) in [5.41, 5.74) is -4.98. The van der Waals surface area contributed by atoms with Gasteiger partial charge in [-0.25, -0.2) is 9.00 Å². The first-order valence-corrected chi connectivity index (χ1v) is 4.80. The summed E-state index contributed by atoms with van der Waals surface area (Å²) < 4.78 is 51.2. The Morgan fingerprint density at radius 1 is 1.40 bits per heavy atom. The first kappa shape index (κ1) is 13.9. The van der Waals surface area contributed by atoms with Gasteiger partial charge < -0.3 is 9.64 Å². The summed E-state index contributed by atoms with van der Waals surface area (Å²) in [6.45, 7) is 0. The first-order chi connectivity index (χ1) is 6.70. The standard InChI is InChI=1S/C7H10F3NO3S/c1-11(2)4-5(6(12)14-3)15(13)7(8,9)10/h4H,1-3H3/b5-4-. The molecule has 0 bridgehead atoms. The van der Waals surface area contributed by atoms with Gasteiger partial charge in [-0.15, -0.1) is 0 Å². The third-order valence-electron chi connectivity index (χ3n) is 1.17. The molecule has 0 N–H and O–H groups in total. The fraction of sp³-hybridized carbons (Fsp3) is 0.571. The average Bonchev–Trinajstić information content (AvgIpc) is 2.10. The van der Waals surface area contributed by atoms with Crippen LogP contribution in [0.4, 0.5) is 13.2 Å². The number of alkyl halides is 3. The molecule has 8 heteroatoms. The van der Waals surface area contributed by atoms with E-state index in [1.165, 1.54) is 19.0 Å². The van der Waals surface area contributed by atoms with Crippen molar-refractivity contribution in [2.24, 2.45) is 0 Å². The van der Waals surface area contributed by atoms with Crippen LogP contribution in [0.2, 0.25) is 0 Å². The van der Waals surface area contributed by atoms with Crippen molar-refractivity contribution < 1.29 is 26.9 Å². The Bertz CT molecular complexity index is 298. The van der Waals surface area contributed by atoms with Crippen LogP contribution < -0.4 is 0 Å². The molecular weight excluding hydrogens is 235 g/mol. The van der Waals surface area contributed by atoms with Crippen molar-refractivity contribution in [2.75, 3.05) is 21.2 Å². The molecule has 0 rings (SSSR count). The van der Waals surface area contributed by atoms with Gasteiger partial charge in [-0.3, -0.25) is 0 Å². The highest BCUT2D eigenvalue weighted by atomic mass is 32.2. The van der Waals surface area contributed by atoms with Crippen molar-refractivity contribution in [1.29, 1.82) is 0 Å². The third-order valence-corrected chi connectivity index (χ3v) is 2.26. The summed E-state index contributed by atoms with van der Waals surface area (Å²) >= 11 is 0. The predicted molar refractivity (Wildman–Crippen MR) is 48.0 cm³/mol. The van der Waals surface area contributed by atoms with Gasteiger partial charge in [-0.05, 0) is 0 Å². The lowest BCUT2D eigenvalue weighted by molar-refractivity contribution is -0.135. The number of esters is 1. The second-order valence-electron chi connectivity index (χ2n) is 2.66. The number of carbonyl (C=O) groups is 1. The minimum atomic E-state index is -4.98. The number of nitrogens with zero attached hydrogens (tertiary/aromatic N) is 1. The Hall–Kier alpha value is -1.05. The lowest BCUT2D eigenvalue weighted by Crippen LogP contribution is -2.24. The monoisotopic (exact) mass is 245 g/mol. The Kier molecular flexibility index (Phi) is 4.79. The number of methoxy groups -OCH3 is 1. The molecule has 0 aromatic rings. The summed E-state index contributed by atoms with van der Waals surface area (Å²) in [5.74, 6) is -1.26. The molecule has 1 unspecified atom stereocenters. The maximum atomic E-state index is 12.1. The van der Waals surface area contributed by atoms with Crippen LogP contribution in [0.1, 0.15) is 0 Å². The fourth-order valence-corrected chi connectivity index (χ4v) is 1.43. The van der Waals surface area contributed by atoms with Gasteiger partial charge in [-0.1, -0.05) is 0 Å². The van der Waals surface area contributed by atoms with Crippen LogP contribution in [-0.4, -0.2) is 41.8 Å². The summed E-state index contributed by atoms with van der Waals surface area (Å²) in [4.78, 5) is 11.2. The normalized spacial score (nSPS) is 14.7. The van der Waals surface area contributed by atoms with Gasteiger partial charge in [0.15, 0.2) is 10.8 Å². The van der Waals surface area contributed by atoms with Crippen LogP contribution >= 0.6 is 0 Å². The van der Waals surface area contributed by atoms with E-state index in [0.29, 0.717) is 0 Å². The summed E-state index contributed by atoms with van der Waals surface area (Å²) in [5, 5.41) is 0. The minimum absolute atomic E-state index is 0.815. The summed E-state index contributed by atoms with van der Waals surface area (Å²) in [6, 6.07) is 0. The van der Waals surface area contributed by atoms with Crippen LogP contribution in [-0.2, 0) is 20.3 Å². The van der Waals surface area contributed by atoms with Crippen molar-refractivity contribution in [3.63, 3.8) is 0 Å². The molecule has 0 aliphatic rings. The van der Waals surface area contributed by atoms with E-state index in [1.54, 1.807) is 0 Å². The molecule has 15 heavy (non-hydrogen) atoms. The first-order valence-electron chi connectivity index (χ1n) is 3.65. The van der Waals surface area contributed by atoms with Gasteiger partial charge in [-0.2, -0.15) is 13.2 Å². The second-order valence-corrected chi connectivity index (χ2v) is 4.10. The zero-order valence-electron chi connectivity index (χ0n) is 8.29. The van der Waals surface area contributed by atoms with Crippen LogP contribution in [0.25, 0.3) is 0 Å². The molecule has 0 fully saturated rings. The Morgan fingerprint density at radius 2 is 1.87 bits per heavy atom. The van der Waals surface area contributed by atoms with E-state index >= 15 is 0 Å². The summed E-state index contributed by atoms with van der Waals surface area (Å²) in [7, 11) is 0.334. The molecule has 0 aliphatic heterocycles. The van der Waals surface area contributed by atoms with E-state index in [0.717, 1.165) is 13.3 Å². The van der Waals surface area contributed by atoms with E-state index in [9.17, 15) is 22.2 Å². The largest absolute Gasteiger partial charge is 0.476 e. The van der Waals surface area contributed by atoms with Gasteiger partial charge in [0.05, 0.1) is 7.11 Å². The second kappa shape index (κ2) is 5.15. The van der Waals surface area contributed by atoms with Gasteiger partial charge in [0, 0.05) is 20.3 Å². The molecule has 0 aromatic heterocycles. The Morgan fingerprint density at radius 3 is 2.13 bits per heavy atom. The molecule has 0 aliphatic carbocycles. The van der Waals surface area contributed by atoms with E-state index in [2.05, 4.69) is 4.74 Å². The highest BCUT2D eigenvalue weighted by Crippen LogP contribution is 2.26. The van der Waals surface area contributed by atoms with Crippen molar-refractivity contribution in [2.45, 2.75) is 5.51 Å². The molecule has 0 saturated carbocycles. The van der Waals surface area contributed by atoms with Gasteiger partial charge in [0.25, 0.3) is 0 Å².